The molecule has 0 aliphatic carbocycles. The highest BCUT2D eigenvalue weighted by Gasteiger charge is 2.23. The number of thioether (sulfide) groups is 1. The number of amides is 1. The van der Waals surface area contributed by atoms with Crippen LogP contribution in [-0.4, -0.2) is 20.7 Å². The quantitative estimate of drug-likeness (QED) is 0.342. The molecular formula is C24H23ClN4O2S. The van der Waals surface area contributed by atoms with Gasteiger partial charge in [-0.1, -0.05) is 53.7 Å². The molecule has 1 amide bonds. The Balaban J connectivity index is 1.69. The Kier molecular flexibility index (Phi) is 6.67. The van der Waals surface area contributed by atoms with Crippen molar-refractivity contribution in [2.24, 2.45) is 0 Å². The number of nitrogens with one attached hydrogen (secondary N) is 1. The molecule has 0 saturated heterocycles. The molecule has 2 heterocycles. The van der Waals surface area contributed by atoms with Gasteiger partial charge in [-0.15, -0.1) is 10.2 Å². The number of carbonyl (C=O) groups is 1. The average Bonchev–Trinajstić information content (AvgIpc) is 3.45. The third kappa shape index (κ3) is 4.74. The highest BCUT2D eigenvalue weighted by Crippen LogP contribution is 2.31. The number of halogens is 1. The standard InChI is InChI=1S/C24H23ClN4O2S/c1-15-7-4-5-8-18(15)14-32-24-28-27-22(17(3)26-23(30)21-9-6-12-31-21)29(24)20-13-19(25)11-10-16(20)2/h4-13,17H,14H2,1-3H3,(H,26,30). The SMILES string of the molecule is Cc1ccccc1CSc1nnc(C(C)NC(=O)c2ccco2)n1-c1cc(Cl)ccc1C. The predicted octanol–water partition coefficient (Wildman–Crippen LogP) is 5.91. The van der Waals surface area contributed by atoms with Crippen LogP contribution in [0.1, 0.15) is 46.0 Å². The topological polar surface area (TPSA) is 73.0 Å². The molecule has 0 aliphatic heterocycles. The molecule has 164 valence electrons. The van der Waals surface area contributed by atoms with Crippen molar-refractivity contribution in [3.05, 3.63) is 94.2 Å². The zero-order valence-electron chi connectivity index (χ0n) is 18.0. The van der Waals surface area contributed by atoms with Crippen molar-refractivity contribution in [1.82, 2.24) is 20.1 Å². The van der Waals surface area contributed by atoms with Crippen LogP contribution < -0.4 is 5.32 Å². The lowest BCUT2D eigenvalue weighted by Crippen LogP contribution is -2.28. The van der Waals surface area contributed by atoms with Crippen LogP contribution in [0.3, 0.4) is 0 Å². The number of nitrogens with zero attached hydrogens (tertiary/aromatic N) is 3. The highest BCUT2D eigenvalue weighted by atomic mass is 35.5. The summed E-state index contributed by atoms with van der Waals surface area (Å²) in [5, 5.41) is 13.2. The van der Waals surface area contributed by atoms with Crippen LogP contribution in [-0.2, 0) is 5.75 Å². The fourth-order valence-electron chi connectivity index (χ4n) is 3.36. The van der Waals surface area contributed by atoms with Gasteiger partial charge in [-0.25, -0.2) is 0 Å². The number of aryl methyl sites for hydroxylation is 2. The van der Waals surface area contributed by atoms with Crippen molar-refractivity contribution in [2.45, 2.75) is 37.7 Å². The van der Waals surface area contributed by atoms with E-state index < -0.39 is 6.04 Å². The van der Waals surface area contributed by atoms with Crippen LogP contribution in [0.25, 0.3) is 5.69 Å². The molecule has 1 N–H and O–H groups in total. The summed E-state index contributed by atoms with van der Waals surface area (Å²) in [5.74, 6) is 1.30. The van der Waals surface area contributed by atoms with Crippen LogP contribution in [0.15, 0.2) is 70.4 Å². The van der Waals surface area contributed by atoms with Crippen molar-refractivity contribution in [3.63, 3.8) is 0 Å². The number of benzene rings is 2. The summed E-state index contributed by atoms with van der Waals surface area (Å²) in [6, 6.07) is 16.9. The molecule has 4 aromatic rings. The lowest BCUT2D eigenvalue weighted by atomic mass is 10.1. The summed E-state index contributed by atoms with van der Waals surface area (Å²) in [4.78, 5) is 12.5. The maximum Gasteiger partial charge on any atom is 0.287 e. The highest BCUT2D eigenvalue weighted by molar-refractivity contribution is 7.98. The first kappa shape index (κ1) is 22.2. The van der Waals surface area contributed by atoms with Gasteiger partial charge in [0.2, 0.25) is 0 Å². The normalized spacial score (nSPS) is 12.0. The van der Waals surface area contributed by atoms with Crippen LogP contribution in [0, 0.1) is 13.8 Å². The minimum atomic E-state index is -0.411. The zero-order chi connectivity index (χ0) is 22.7. The molecule has 0 aliphatic rings. The number of carbonyl (C=O) groups excluding carboxylic acids is 1. The summed E-state index contributed by atoms with van der Waals surface area (Å²) >= 11 is 7.91. The minimum absolute atomic E-state index is 0.246. The van der Waals surface area contributed by atoms with E-state index in [1.807, 2.05) is 48.7 Å². The Morgan fingerprint density at radius 2 is 1.94 bits per heavy atom. The molecule has 1 atom stereocenters. The van der Waals surface area contributed by atoms with E-state index in [-0.39, 0.29) is 11.7 Å². The van der Waals surface area contributed by atoms with Gasteiger partial charge in [0, 0.05) is 10.8 Å². The molecule has 8 heteroatoms. The zero-order valence-corrected chi connectivity index (χ0v) is 19.6. The van der Waals surface area contributed by atoms with E-state index in [9.17, 15) is 4.79 Å². The molecule has 6 nitrogen and oxygen atoms in total. The number of hydrogen-bond acceptors (Lipinski definition) is 5. The van der Waals surface area contributed by atoms with Gasteiger partial charge in [-0.2, -0.15) is 0 Å². The van der Waals surface area contributed by atoms with Crippen molar-refractivity contribution in [1.29, 1.82) is 0 Å². The van der Waals surface area contributed by atoms with Gasteiger partial charge in [0.05, 0.1) is 18.0 Å². The molecule has 0 bridgehead atoms. The second-order valence-corrected chi connectivity index (χ2v) is 8.87. The summed E-state index contributed by atoms with van der Waals surface area (Å²) < 4.78 is 7.18. The van der Waals surface area contributed by atoms with Gasteiger partial charge in [0.15, 0.2) is 16.7 Å². The predicted molar refractivity (Wildman–Crippen MR) is 126 cm³/mol. The van der Waals surface area contributed by atoms with Crippen molar-refractivity contribution in [3.8, 4) is 5.69 Å². The Bertz CT molecular complexity index is 1240. The Morgan fingerprint density at radius 1 is 1.12 bits per heavy atom. The fourth-order valence-corrected chi connectivity index (χ4v) is 4.55. The first-order valence-corrected chi connectivity index (χ1v) is 11.5. The summed E-state index contributed by atoms with van der Waals surface area (Å²) in [7, 11) is 0. The average molecular weight is 467 g/mol. The lowest BCUT2D eigenvalue weighted by molar-refractivity contribution is 0.0910. The van der Waals surface area contributed by atoms with Crippen LogP contribution in [0.5, 0.6) is 0 Å². The van der Waals surface area contributed by atoms with Crippen molar-refractivity contribution >= 4 is 29.3 Å². The number of furan rings is 1. The van der Waals surface area contributed by atoms with E-state index in [2.05, 4.69) is 34.6 Å². The van der Waals surface area contributed by atoms with Crippen molar-refractivity contribution < 1.29 is 9.21 Å². The van der Waals surface area contributed by atoms with Crippen molar-refractivity contribution in [2.75, 3.05) is 0 Å². The minimum Gasteiger partial charge on any atom is -0.459 e. The van der Waals surface area contributed by atoms with Gasteiger partial charge < -0.3 is 9.73 Å². The molecule has 4 rings (SSSR count). The third-order valence-corrected chi connectivity index (χ3v) is 6.38. The van der Waals surface area contributed by atoms with E-state index in [0.29, 0.717) is 10.8 Å². The van der Waals surface area contributed by atoms with E-state index >= 15 is 0 Å². The molecule has 0 radical (unpaired) electrons. The first-order valence-electron chi connectivity index (χ1n) is 10.2. The van der Waals surface area contributed by atoms with E-state index in [4.69, 9.17) is 16.0 Å². The van der Waals surface area contributed by atoms with Gasteiger partial charge in [-0.3, -0.25) is 9.36 Å². The molecule has 32 heavy (non-hydrogen) atoms. The van der Waals surface area contributed by atoms with E-state index in [1.165, 1.54) is 17.4 Å². The number of aromatic nitrogens is 3. The summed E-state index contributed by atoms with van der Waals surface area (Å²) in [6.45, 7) is 5.98. The second-order valence-electron chi connectivity index (χ2n) is 7.49. The Labute approximate surface area is 196 Å². The van der Waals surface area contributed by atoms with Gasteiger partial charge in [-0.05, 0) is 61.7 Å². The second kappa shape index (κ2) is 9.63. The maximum absolute atomic E-state index is 12.5. The van der Waals surface area contributed by atoms with Crippen LogP contribution in [0.4, 0.5) is 0 Å². The lowest BCUT2D eigenvalue weighted by Gasteiger charge is -2.17. The number of rotatable bonds is 7. The maximum atomic E-state index is 12.5. The number of hydrogen-bond donors (Lipinski definition) is 1. The van der Waals surface area contributed by atoms with Gasteiger partial charge in [0.25, 0.3) is 5.91 Å². The molecule has 2 aromatic carbocycles. The molecule has 0 fully saturated rings. The third-order valence-electron chi connectivity index (χ3n) is 5.17. The van der Waals surface area contributed by atoms with E-state index in [1.54, 1.807) is 23.9 Å². The van der Waals surface area contributed by atoms with E-state index in [0.717, 1.165) is 22.2 Å². The molecule has 2 aromatic heterocycles. The monoisotopic (exact) mass is 466 g/mol. The molecular weight excluding hydrogens is 444 g/mol. The molecule has 0 spiro atoms. The molecule has 0 saturated carbocycles. The smallest absolute Gasteiger partial charge is 0.287 e. The first-order chi connectivity index (χ1) is 15.4. The Morgan fingerprint density at radius 3 is 2.69 bits per heavy atom. The molecule has 1 unspecified atom stereocenters. The Hall–Kier alpha value is -3.03. The van der Waals surface area contributed by atoms with Gasteiger partial charge in [0.1, 0.15) is 0 Å². The summed E-state index contributed by atoms with van der Waals surface area (Å²) in [6.07, 6.45) is 1.47. The largest absolute Gasteiger partial charge is 0.459 e. The van der Waals surface area contributed by atoms with Gasteiger partial charge >= 0.3 is 0 Å². The fraction of sp³-hybridized carbons (Fsp3) is 0.208. The summed E-state index contributed by atoms with van der Waals surface area (Å²) in [5.41, 5.74) is 4.36. The van der Waals surface area contributed by atoms with Crippen LogP contribution >= 0.6 is 23.4 Å². The van der Waals surface area contributed by atoms with Crippen LogP contribution in [0.2, 0.25) is 5.02 Å².